The highest BCUT2D eigenvalue weighted by molar-refractivity contribution is 7.11. The summed E-state index contributed by atoms with van der Waals surface area (Å²) in [5, 5.41) is 4.76. The van der Waals surface area contributed by atoms with E-state index in [1.165, 1.54) is 42.0 Å². The second-order valence-corrected chi connectivity index (χ2v) is 6.55. The minimum absolute atomic E-state index is 0.863. The largest absolute Gasteiger partial charge is 0.312 e. The molecule has 0 spiro atoms. The molecule has 1 N–H and O–H groups in total. The SMILES string of the molecule is CCc1ncc(CNCCCCCCC(C)C)s1. The molecule has 0 aromatic carbocycles. The van der Waals surface area contributed by atoms with Gasteiger partial charge in [0.2, 0.25) is 0 Å². The van der Waals surface area contributed by atoms with Gasteiger partial charge in [0.1, 0.15) is 0 Å². The van der Waals surface area contributed by atoms with Crippen molar-refractivity contribution in [3.63, 3.8) is 0 Å². The Hall–Kier alpha value is -0.410. The van der Waals surface area contributed by atoms with Crippen LogP contribution in [-0.4, -0.2) is 11.5 Å². The number of thiazole rings is 1. The summed E-state index contributed by atoms with van der Waals surface area (Å²) >= 11 is 1.83. The van der Waals surface area contributed by atoms with Gasteiger partial charge in [-0.25, -0.2) is 4.98 Å². The maximum atomic E-state index is 4.37. The number of nitrogens with one attached hydrogen (secondary N) is 1. The summed E-state index contributed by atoms with van der Waals surface area (Å²) in [4.78, 5) is 5.74. The molecule has 0 aliphatic heterocycles. The van der Waals surface area contributed by atoms with E-state index in [9.17, 15) is 0 Å². The smallest absolute Gasteiger partial charge is 0.0925 e. The summed E-state index contributed by atoms with van der Waals surface area (Å²) in [5.74, 6) is 0.863. The van der Waals surface area contributed by atoms with Crippen molar-refractivity contribution in [3.8, 4) is 0 Å². The summed E-state index contributed by atoms with van der Waals surface area (Å²) in [6.07, 6.45) is 9.90. The van der Waals surface area contributed by atoms with E-state index >= 15 is 0 Å². The van der Waals surface area contributed by atoms with E-state index < -0.39 is 0 Å². The van der Waals surface area contributed by atoms with Gasteiger partial charge in [0.25, 0.3) is 0 Å². The topological polar surface area (TPSA) is 24.9 Å². The summed E-state index contributed by atoms with van der Waals surface area (Å²) < 4.78 is 0. The van der Waals surface area contributed by atoms with E-state index in [-0.39, 0.29) is 0 Å². The predicted octanol–water partition coefficient (Wildman–Crippen LogP) is 4.40. The zero-order valence-corrected chi connectivity index (χ0v) is 13.0. The van der Waals surface area contributed by atoms with Crippen molar-refractivity contribution >= 4 is 11.3 Å². The highest BCUT2D eigenvalue weighted by Crippen LogP contribution is 2.13. The number of rotatable bonds is 10. The molecule has 0 radical (unpaired) electrons. The first-order chi connectivity index (χ1) is 8.72. The molecule has 0 amide bonds. The summed E-state index contributed by atoms with van der Waals surface area (Å²) in [6, 6.07) is 0. The molecule has 1 aromatic rings. The van der Waals surface area contributed by atoms with Crippen LogP contribution in [0.4, 0.5) is 0 Å². The second-order valence-electron chi connectivity index (χ2n) is 5.35. The van der Waals surface area contributed by atoms with Gasteiger partial charge in [-0.3, -0.25) is 0 Å². The molecule has 1 heterocycles. The molecule has 0 bridgehead atoms. The Labute approximate surface area is 116 Å². The van der Waals surface area contributed by atoms with Crippen molar-refractivity contribution in [2.75, 3.05) is 6.54 Å². The molecular weight excluding hydrogens is 240 g/mol. The van der Waals surface area contributed by atoms with E-state index in [2.05, 4.69) is 31.1 Å². The molecule has 1 aromatic heterocycles. The Morgan fingerprint density at radius 2 is 2.00 bits per heavy atom. The van der Waals surface area contributed by atoms with Crippen LogP contribution in [0.5, 0.6) is 0 Å². The molecule has 0 fully saturated rings. The maximum Gasteiger partial charge on any atom is 0.0925 e. The first-order valence-corrected chi connectivity index (χ1v) is 8.18. The van der Waals surface area contributed by atoms with Crippen LogP contribution in [-0.2, 0) is 13.0 Å². The molecule has 0 saturated carbocycles. The van der Waals surface area contributed by atoms with Crippen LogP contribution in [0.2, 0.25) is 0 Å². The zero-order valence-electron chi connectivity index (χ0n) is 12.2. The predicted molar refractivity (Wildman–Crippen MR) is 81.1 cm³/mol. The third-order valence-corrected chi connectivity index (χ3v) is 4.23. The molecule has 3 heteroatoms. The van der Waals surface area contributed by atoms with E-state index in [0.717, 1.165) is 25.4 Å². The van der Waals surface area contributed by atoms with Gasteiger partial charge >= 0.3 is 0 Å². The van der Waals surface area contributed by atoms with Crippen LogP contribution in [0.15, 0.2) is 6.20 Å². The number of aryl methyl sites for hydroxylation is 1. The van der Waals surface area contributed by atoms with Crippen LogP contribution in [0.25, 0.3) is 0 Å². The van der Waals surface area contributed by atoms with Crippen LogP contribution in [0.1, 0.15) is 62.8 Å². The lowest BCUT2D eigenvalue weighted by Gasteiger charge is -2.05. The Bertz CT molecular complexity index is 307. The van der Waals surface area contributed by atoms with Gasteiger partial charge in [0, 0.05) is 17.6 Å². The van der Waals surface area contributed by atoms with Crippen molar-refractivity contribution < 1.29 is 0 Å². The lowest BCUT2D eigenvalue weighted by Crippen LogP contribution is -2.13. The van der Waals surface area contributed by atoms with Gasteiger partial charge in [-0.15, -0.1) is 11.3 Å². The van der Waals surface area contributed by atoms with Crippen molar-refractivity contribution in [2.24, 2.45) is 5.92 Å². The monoisotopic (exact) mass is 268 g/mol. The molecule has 1 rings (SSSR count). The van der Waals surface area contributed by atoms with Crippen LogP contribution < -0.4 is 5.32 Å². The lowest BCUT2D eigenvalue weighted by atomic mass is 10.0. The molecule has 0 atom stereocenters. The minimum atomic E-state index is 0.863. The van der Waals surface area contributed by atoms with Gasteiger partial charge in [0.05, 0.1) is 5.01 Å². The normalized spacial score (nSPS) is 11.3. The third kappa shape index (κ3) is 7.12. The molecule has 2 nitrogen and oxygen atoms in total. The summed E-state index contributed by atoms with van der Waals surface area (Å²) in [7, 11) is 0. The van der Waals surface area contributed by atoms with Gasteiger partial charge in [-0.1, -0.05) is 46.5 Å². The lowest BCUT2D eigenvalue weighted by molar-refractivity contribution is 0.512. The van der Waals surface area contributed by atoms with Crippen molar-refractivity contribution in [1.82, 2.24) is 10.3 Å². The van der Waals surface area contributed by atoms with Gasteiger partial charge in [-0.05, 0) is 25.3 Å². The van der Waals surface area contributed by atoms with Crippen LogP contribution in [0.3, 0.4) is 0 Å². The Kier molecular flexibility index (Phi) is 8.27. The molecule has 0 aliphatic rings. The molecule has 104 valence electrons. The fourth-order valence-corrected chi connectivity index (χ4v) is 2.79. The Morgan fingerprint density at radius 3 is 2.67 bits per heavy atom. The van der Waals surface area contributed by atoms with E-state index in [0.29, 0.717) is 0 Å². The Balaban J connectivity index is 1.92. The fraction of sp³-hybridized carbons (Fsp3) is 0.800. The van der Waals surface area contributed by atoms with E-state index in [1.807, 2.05) is 17.5 Å². The average Bonchev–Trinajstić information content (AvgIpc) is 2.80. The highest BCUT2D eigenvalue weighted by atomic mass is 32.1. The quantitative estimate of drug-likeness (QED) is 0.636. The first kappa shape index (κ1) is 15.6. The first-order valence-electron chi connectivity index (χ1n) is 7.36. The molecule has 0 saturated heterocycles. The van der Waals surface area contributed by atoms with Gasteiger partial charge in [0.15, 0.2) is 0 Å². The number of hydrogen-bond acceptors (Lipinski definition) is 3. The van der Waals surface area contributed by atoms with E-state index in [1.54, 1.807) is 0 Å². The summed E-state index contributed by atoms with van der Waals surface area (Å²) in [6.45, 7) is 8.90. The van der Waals surface area contributed by atoms with Gasteiger partial charge < -0.3 is 5.32 Å². The number of unbranched alkanes of at least 4 members (excludes halogenated alkanes) is 3. The second kappa shape index (κ2) is 9.51. The number of nitrogens with zero attached hydrogens (tertiary/aromatic N) is 1. The van der Waals surface area contributed by atoms with Gasteiger partial charge in [-0.2, -0.15) is 0 Å². The van der Waals surface area contributed by atoms with Crippen molar-refractivity contribution in [3.05, 3.63) is 16.1 Å². The molecule has 0 unspecified atom stereocenters. The van der Waals surface area contributed by atoms with E-state index in [4.69, 9.17) is 0 Å². The standard InChI is InChI=1S/C15H28N2S/c1-4-15-17-12-14(18-15)11-16-10-8-6-5-7-9-13(2)3/h12-13,16H,4-11H2,1-3H3. The average molecular weight is 268 g/mol. The maximum absolute atomic E-state index is 4.37. The van der Waals surface area contributed by atoms with Crippen LogP contribution in [0, 0.1) is 5.92 Å². The summed E-state index contributed by atoms with van der Waals surface area (Å²) in [5.41, 5.74) is 0. The minimum Gasteiger partial charge on any atom is -0.312 e. The molecule has 0 aliphatic carbocycles. The number of aromatic nitrogens is 1. The molecule has 18 heavy (non-hydrogen) atoms. The zero-order chi connectivity index (χ0) is 13.2. The van der Waals surface area contributed by atoms with Crippen molar-refractivity contribution in [1.29, 1.82) is 0 Å². The Morgan fingerprint density at radius 1 is 1.22 bits per heavy atom. The number of hydrogen-bond donors (Lipinski definition) is 1. The van der Waals surface area contributed by atoms with Crippen LogP contribution >= 0.6 is 11.3 Å². The highest BCUT2D eigenvalue weighted by Gasteiger charge is 1.99. The van der Waals surface area contributed by atoms with Crippen molar-refractivity contribution in [2.45, 2.75) is 65.8 Å². The third-order valence-electron chi connectivity index (χ3n) is 3.09. The fourth-order valence-electron chi connectivity index (χ4n) is 1.96. The molecular formula is C15H28N2S.